The van der Waals surface area contributed by atoms with Crippen LogP contribution in [0.1, 0.15) is 45.2 Å². The number of carbonyl (C=O) groups is 4. The summed E-state index contributed by atoms with van der Waals surface area (Å²) in [6.07, 6.45) is 4.78. The summed E-state index contributed by atoms with van der Waals surface area (Å²) in [5, 5.41) is 26.3. The molecule has 1 heterocycles. The van der Waals surface area contributed by atoms with Crippen molar-refractivity contribution in [1.29, 1.82) is 0 Å². The van der Waals surface area contributed by atoms with E-state index in [4.69, 9.17) is 16.6 Å². The van der Waals surface area contributed by atoms with Gasteiger partial charge in [0.1, 0.15) is 24.2 Å². The van der Waals surface area contributed by atoms with E-state index in [1.54, 1.807) is 6.92 Å². The molecule has 13 heteroatoms. The highest BCUT2D eigenvalue weighted by Gasteiger charge is 2.32. The van der Waals surface area contributed by atoms with Gasteiger partial charge in [0.25, 0.3) is 0 Å². The predicted octanol–water partition coefficient (Wildman–Crippen LogP) is -2.01. The van der Waals surface area contributed by atoms with E-state index in [0.717, 1.165) is 0 Å². The van der Waals surface area contributed by atoms with Gasteiger partial charge in [0.2, 0.25) is 17.7 Å². The van der Waals surface area contributed by atoms with Crippen LogP contribution in [-0.4, -0.2) is 81.2 Å². The Bertz CT molecular complexity index is 789. The Labute approximate surface area is 198 Å². The number of aromatic amines is 1. The Morgan fingerprint density at radius 3 is 2.29 bits per heavy atom. The van der Waals surface area contributed by atoms with Gasteiger partial charge in [0.15, 0.2) is 0 Å². The van der Waals surface area contributed by atoms with Gasteiger partial charge in [-0.2, -0.15) is 0 Å². The molecular weight excluding hydrogens is 446 g/mol. The second-order valence-electron chi connectivity index (χ2n) is 8.19. The van der Waals surface area contributed by atoms with Crippen LogP contribution in [0, 0.1) is 5.92 Å². The van der Waals surface area contributed by atoms with Crippen molar-refractivity contribution in [2.24, 2.45) is 17.4 Å². The van der Waals surface area contributed by atoms with Crippen LogP contribution in [0.3, 0.4) is 0 Å². The maximum Gasteiger partial charge on any atom is 0.326 e. The first-order chi connectivity index (χ1) is 16.1. The molecule has 1 aromatic rings. The number of carboxylic acid groups (broad SMARTS) is 1. The molecule has 0 aliphatic rings. The SMILES string of the molecule is CCC(C)C(NC(=O)C(CCCCN)NC(=O)C(N)CO)C(=O)NC(Cc1cnc[nH]1)C(=O)O. The number of unbranched alkanes of at least 4 members (excludes halogenated alkanes) is 1. The maximum absolute atomic E-state index is 13.0. The lowest BCUT2D eigenvalue weighted by Gasteiger charge is -2.28. The Morgan fingerprint density at radius 1 is 1.09 bits per heavy atom. The zero-order valence-electron chi connectivity index (χ0n) is 19.6. The first-order valence-corrected chi connectivity index (χ1v) is 11.3. The van der Waals surface area contributed by atoms with E-state index >= 15 is 0 Å². The van der Waals surface area contributed by atoms with Gasteiger partial charge < -0.3 is 42.6 Å². The molecule has 0 aromatic carbocycles. The second-order valence-corrected chi connectivity index (χ2v) is 8.19. The molecule has 13 nitrogen and oxygen atoms in total. The summed E-state index contributed by atoms with van der Waals surface area (Å²) in [5.41, 5.74) is 11.6. The van der Waals surface area contributed by atoms with Gasteiger partial charge in [-0.25, -0.2) is 9.78 Å². The van der Waals surface area contributed by atoms with E-state index in [9.17, 15) is 24.3 Å². The first kappa shape index (κ1) is 29.0. The largest absolute Gasteiger partial charge is 0.480 e. The highest BCUT2D eigenvalue weighted by atomic mass is 16.4. The van der Waals surface area contributed by atoms with Gasteiger partial charge in [0, 0.05) is 18.3 Å². The van der Waals surface area contributed by atoms with Crippen LogP contribution < -0.4 is 27.4 Å². The molecule has 0 bridgehead atoms. The van der Waals surface area contributed by atoms with E-state index in [2.05, 4.69) is 25.9 Å². The number of aromatic nitrogens is 2. The quantitative estimate of drug-likeness (QED) is 0.121. The van der Waals surface area contributed by atoms with Crippen LogP contribution in [0.4, 0.5) is 0 Å². The number of amides is 3. The molecule has 0 saturated carbocycles. The van der Waals surface area contributed by atoms with E-state index in [1.165, 1.54) is 12.5 Å². The number of hydrogen-bond donors (Lipinski definition) is 8. The number of carbonyl (C=O) groups excluding carboxylic acids is 3. The summed E-state index contributed by atoms with van der Waals surface area (Å²) >= 11 is 0. The molecule has 3 amide bonds. The molecule has 0 radical (unpaired) electrons. The van der Waals surface area contributed by atoms with Crippen molar-refractivity contribution >= 4 is 23.7 Å². The van der Waals surface area contributed by atoms with E-state index in [1.807, 2.05) is 6.92 Å². The number of imidazole rings is 1. The number of aliphatic hydroxyl groups is 1. The number of aliphatic carboxylic acids is 1. The van der Waals surface area contributed by atoms with Crippen LogP contribution in [0.25, 0.3) is 0 Å². The molecule has 0 aliphatic carbocycles. The monoisotopic (exact) mass is 483 g/mol. The highest BCUT2D eigenvalue weighted by Crippen LogP contribution is 2.11. The minimum atomic E-state index is -1.24. The Kier molecular flexibility index (Phi) is 12.8. The molecule has 5 unspecified atom stereocenters. The molecule has 5 atom stereocenters. The van der Waals surface area contributed by atoms with Crippen LogP contribution in [0.15, 0.2) is 12.5 Å². The number of hydrogen-bond acceptors (Lipinski definition) is 8. The summed E-state index contributed by atoms with van der Waals surface area (Å²) in [5.74, 6) is -3.54. The number of aliphatic hydroxyl groups excluding tert-OH is 1. The van der Waals surface area contributed by atoms with Crippen molar-refractivity contribution in [3.63, 3.8) is 0 Å². The molecule has 1 rings (SSSR count). The summed E-state index contributed by atoms with van der Waals surface area (Å²) in [4.78, 5) is 56.5. The summed E-state index contributed by atoms with van der Waals surface area (Å²) in [6.45, 7) is 3.40. The molecule has 0 spiro atoms. The van der Waals surface area contributed by atoms with Gasteiger partial charge in [-0.15, -0.1) is 0 Å². The Morgan fingerprint density at radius 2 is 1.76 bits per heavy atom. The minimum Gasteiger partial charge on any atom is -0.480 e. The Hall–Kier alpha value is -3.03. The van der Waals surface area contributed by atoms with Crippen molar-refractivity contribution < 1.29 is 29.4 Å². The normalized spacial score (nSPS) is 15.4. The van der Waals surface area contributed by atoms with Crippen LogP contribution in [0.5, 0.6) is 0 Å². The number of rotatable bonds is 16. The number of carboxylic acids is 1. The van der Waals surface area contributed by atoms with Gasteiger partial charge in [-0.3, -0.25) is 14.4 Å². The van der Waals surface area contributed by atoms with Crippen molar-refractivity contribution in [1.82, 2.24) is 25.9 Å². The molecule has 0 fully saturated rings. The summed E-state index contributed by atoms with van der Waals surface area (Å²) in [7, 11) is 0. The lowest BCUT2D eigenvalue weighted by Crippen LogP contribution is -2.59. The Balaban J connectivity index is 2.98. The number of H-pyrrole nitrogens is 1. The lowest BCUT2D eigenvalue weighted by molar-refractivity contribution is -0.142. The van der Waals surface area contributed by atoms with E-state index in [0.29, 0.717) is 31.5 Å². The fourth-order valence-corrected chi connectivity index (χ4v) is 3.16. The van der Waals surface area contributed by atoms with Crippen LogP contribution in [0.2, 0.25) is 0 Å². The third-order valence-corrected chi connectivity index (χ3v) is 5.50. The lowest BCUT2D eigenvalue weighted by atomic mass is 9.96. The van der Waals surface area contributed by atoms with E-state index in [-0.39, 0.29) is 18.8 Å². The average molecular weight is 484 g/mol. The fourth-order valence-electron chi connectivity index (χ4n) is 3.16. The molecule has 34 heavy (non-hydrogen) atoms. The van der Waals surface area contributed by atoms with Crippen LogP contribution in [-0.2, 0) is 25.6 Å². The number of nitrogens with two attached hydrogens (primary N) is 2. The standard InChI is InChI=1S/C21H37N7O6/c1-3-12(2)17(20(32)27-16(21(33)34)8-13-9-24-11-25-13)28-19(31)15(6-4-5-7-22)26-18(30)14(23)10-29/h9,11-12,14-17,29H,3-8,10,22-23H2,1-2H3,(H,24,25)(H,26,30)(H,27,32)(H,28,31)(H,33,34). The molecule has 192 valence electrons. The molecule has 10 N–H and O–H groups in total. The van der Waals surface area contributed by atoms with Gasteiger partial charge in [-0.05, 0) is 31.7 Å². The van der Waals surface area contributed by atoms with Crippen molar-refractivity contribution in [2.45, 2.75) is 70.1 Å². The summed E-state index contributed by atoms with van der Waals surface area (Å²) < 4.78 is 0. The molecule has 1 aromatic heterocycles. The fraction of sp³-hybridized carbons (Fsp3) is 0.667. The van der Waals surface area contributed by atoms with E-state index < -0.39 is 54.5 Å². The summed E-state index contributed by atoms with van der Waals surface area (Å²) in [6, 6.07) is -4.48. The van der Waals surface area contributed by atoms with Crippen molar-refractivity contribution in [3.8, 4) is 0 Å². The molecule has 0 saturated heterocycles. The topological polar surface area (TPSA) is 226 Å². The third kappa shape index (κ3) is 9.45. The van der Waals surface area contributed by atoms with Crippen LogP contribution >= 0.6 is 0 Å². The highest BCUT2D eigenvalue weighted by molar-refractivity contribution is 5.94. The van der Waals surface area contributed by atoms with Gasteiger partial charge >= 0.3 is 5.97 Å². The zero-order valence-corrected chi connectivity index (χ0v) is 19.6. The molecular formula is C21H37N7O6. The van der Waals surface area contributed by atoms with Crippen molar-refractivity contribution in [2.75, 3.05) is 13.2 Å². The van der Waals surface area contributed by atoms with Crippen molar-refractivity contribution in [3.05, 3.63) is 18.2 Å². The van der Waals surface area contributed by atoms with Gasteiger partial charge in [-0.1, -0.05) is 20.3 Å². The first-order valence-electron chi connectivity index (χ1n) is 11.3. The zero-order chi connectivity index (χ0) is 25.7. The second kappa shape index (κ2) is 15.0. The third-order valence-electron chi connectivity index (χ3n) is 5.50. The number of nitrogens with one attached hydrogen (secondary N) is 4. The predicted molar refractivity (Wildman–Crippen MR) is 123 cm³/mol. The minimum absolute atomic E-state index is 0.0148. The number of nitrogens with zero attached hydrogens (tertiary/aromatic N) is 1. The average Bonchev–Trinajstić information content (AvgIpc) is 3.33. The smallest absolute Gasteiger partial charge is 0.326 e. The molecule has 0 aliphatic heterocycles. The maximum atomic E-state index is 13.0. The van der Waals surface area contributed by atoms with Gasteiger partial charge in [0.05, 0.1) is 12.9 Å².